The van der Waals surface area contributed by atoms with Crippen LogP contribution in [-0.2, 0) is 0 Å². The first-order valence-electron chi connectivity index (χ1n) is 19.5. The Hall–Kier alpha value is -7.89. The maximum absolute atomic E-state index is 6.53. The first kappa shape index (κ1) is 32.4. The minimum absolute atomic E-state index is 0.620. The van der Waals surface area contributed by atoms with E-state index in [1.807, 2.05) is 48.5 Å². The van der Waals surface area contributed by atoms with Crippen molar-refractivity contribution in [2.24, 2.45) is 0 Å². The number of aromatic nitrogens is 2. The summed E-state index contributed by atoms with van der Waals surface area (Å²) in [6, 6.07) is 70.4. The molecule has 0 bridgehead atoms. The predicted octanol–water partition coefficient (Wildman–Crippen LogP) is 14.8. The summed E-state index contributed by atoms with van der Waals surface area (Å²) in [5, 5.41) is 6.74. The topological polar surface area (TPSA) is 47.3 Å². The van der Waals surface area contributed by atoms with Gasteiger partial charge in [0.2, 0.25) is 5.89 Å². The van der Waals surface area contributed by atoms with Gasteiger partial charge >= 0.3 is 0 Å². The zero-order valence-electron chi connectivity index (χ0n) is 31.2. The summed E-state index contributed by atoms with van der Waals surface area (Å²) in [5.41, 5.74) is 13.1. The number of fused-ring (bicyclic) bond motifs is 9. The minimum atomic E-state index is 0.620. The average molecular weight is 744 g/mol. The molecule has 0 spiro atoms. The van der Waals surface area contributed by atoms with E-state index >= 15 is 0 Å². The van der Waals surface area contributed by atoms with Gasteiger partial charge in [0.05, 0.1) is 11.0 Å². The van der Waals surface area contributed by atoms with E-state index in [0.717, 1.165) is 88.8 Å². The largest absolute Gasteiger partial charge is 0.456 e. The number of anilines is 3. The van der Waals surface area contributed by atoms with E-state index in [2.05, 4.69) is 161 Å². The Labute approximate surface area is 333 Å². The van der Waals surface area contributed by atoms with Crippen LogP contribution in [0.3, 0.4) is 0 Å². The second-order valence-corrected chi connectivity index (χ2v) is 14.8. The number of nitrogens with zero attached hydrogens (tertiary/aromatic N) is 3. The zero-order valence-corrected chi connectivity index (χ0v) is 31.2. The highest BCUT2D eigenvalue weighted by Gasteiger charge is 2.20. The standard InChI is InChI=1S/C53H33N3O2/c1-3-12-36(13-4-1)53-54-46-29-24-35-14-11-19-41(51(35)52(46)58-53)34-22-25-38(26-23-34)55(40-28-31-50-45(33-40)43-18-8-10-21-49(43)57-50)39-27-30-48-44(32-39)42-17-7-9-20-47(42)56(48)37-15-5-2-6-16-37/h1-33H. The maximum atomic E-state index is 6.53. The fourth-order valence-corrected chi connectivity index (χ4v) is 8.75. The second kappa shape index (κ2) is 12.8. The first-order chi connectivity index (χ1) is 28.7. The van der Waals surface area contributed by atoms with Gasteiger partial charge in [0.1, 0.15) is 16.7 Å². The van der Waals surface area contributed by atoms with Crippen LogP contribution in [0.15, 0.2) is 209 Å². The van der Waals surface area contributed by atoms with Crippen LogP contribution in [0.5, 0.6) is 0 Å². The fraction of sp³-hybridized carbons (Fsp3) is 0. The molecule has 0 saturated heterocycles. The third-order valence-corrected chi connectivity index (χ3v) is 11.4. The molecule has 0 aliphatic heterocycles. The molecule has 272 valence electrons. The normalized spacial score (nSPS) is 11.8. The highest BCUT2D eigenvalue weighted by Crippen LogP contribution is 2.43. The lowest BCUT2D eigenvalue weighted by atomic mass is 9.97. The van der Waals surface area contributed by atoms with Gasteiger partial charge < -0.3 is 18.3 Å². The van der Waals surface area contributed by atoms with Crippen molar-refractivity contribution in [1.82, 2.24) is 9.55 Å². The van der Waals surface area contributed by atoms with Gasteiger partial charge in [0.15, 0.2) is 5.58 Å². The van der Waals surface area contributed by atoms with Gasteiger partial charge in [-0.1, -0.05) is 109 Å². The van der Waals surface area contributed by atoms with Crippen LogP contribution in [0.2, 0.25) is 0 Å². The van der Waals surface area contributed by atoms with Gasteiger partial charge in [0, 0.05) is 55.2 Å². The molecule has 5 nitrogen and oxygen atoms in total. The van der Waals surface area contributed by atoms with Crippen molar-refractivity contribution in [3.63, 3.8) is 0 Å². The molecule has 0 aliphatic rings. The van der Waals surface area contributed by atoms with Gasteiger partial charge in [0.25, 0.3) is 0 Å². The zero-order chi connectivity index (χ0) is 38.2. The molecule has 0 N–H and O–H groups in total. The molecule has 58 heavy (non-hydrogen) atoms. The van der Waals surface area contributed by atoms with Gasteiger partial charge in [-0.3, -0.25) is 0 Å². The smallest absolute Gasteiger partial charge is 0.227 e. The van der Waals surface area contributed by atoms with Gasteiger partial charge in [-0.25, -0.2) is 4.98 Å². The third-order valence-electron chi connectivity index (χ3n) is 11.4. The summed E-state index contributed by atoms with van der Waals surface area (Å²) in [5.74, 6) is 0.620. The highest BCUT2D eigenvalue weighted by molar-refractivity contribution is 6.13. The van der Waals surface area contributed by atoms with Crippen molar-refractivity contribution in [2.45, 2.75) is 0 Å². The van der Waals surface area contributed by atoms with E-state index in [4.69, 9.17) is 13.8 Å². The molecule has 0 aliphatic carbocycles. The van der Waals surface area contributed by atoms with E-state index in [9.17, 15) is 0 Å². The Morgan fingerprint density at radius 2 is 1.10 bits per heavy atom. The van der Waals surface area contributed by atoms with E-state index in [1.54, 1.807) is 0 Å². The number of para-hydroxylation sites is 3. The highest BCUT2D eigenvalue weighted by atomic mass is 16.3. The fourth-order valence-electron chi connectivity index (χ4n) is 8.75. The van der Waals surface area contributed by atoms with Gasteiger partial charge in [-0.05, 0) is 108 Å². The Kier molecular flexibility index (Phi) is 7.16. The first-order valence-corrected chi connectivity index (χ1v) is 19.5. The van der Waals surface area contributed by atoms with Crippen LogP contribution in [0.25, 0.3) is 93.9 Å². The molecule has 0 atom stereocenters. The Morgan fingerprint density at radius 1 is 0.431 bits per heavy atom. The summed E-state index contributed by atoms with van der Waals surface area (Å²) in [6.45, 7) is 0. The van der Waals surface area contributed by atoms with E-state index in [1.165, 1.54) is 16.3 Å². The molecule has 3 heterocycles. The Morgan fingerprint density at radius 3 is 1.95 bits per heavy atom. The van der Waals surface area contributed by atoms with Crippen LogP contribution in [0.4, 0.5) is 17.1 Å². The van der Waals surface area contributed by atoms with Crippen LogP contribution in [0.1, 0.15) is 0 Å². The number of oxazole rings is 1. The molecular weight excluding hydrogens is 711 g/mol. The monoisotopic (exact) mass is 743 g/mol. The van der Waals surface area contributed by atoms with Gasteiger partial charge in [-0.2, -0.15) is 0 Å². The maximum Gasteiger partial charge on any atom is 0.227 e. The molecule has 0 unspecified atom stereocenters. The molecule has 9 aromatic carbocycles. The Bertz CT molecular complexity index is 3510. The van der Waals surface area contributed by atoms with E-state index < -0.39 is 0 Å². The Balaban J connectivity index is 1.03. The van der Waals surface area contributed by atoms with E-state index in [0.29, 0.717) is 5.89 Å². The lowest BCUT2D eigenvalue weighted by molar-refractivity contribution is 0.623. The molecule has 0 fully saturated rings. The van der Waals surface area contributed by atoms with Crippen LogP contribution in [-0.4, -0.2) is 9.55 Å². The number of furan rings is 1. The van der Waals surface area contributed by atoms with Crippen molar-refractivity contribution in [1.29, 1.82) is 0 Å². The molecule has 0 amide bonds. The predicted molar refractivity (Wildman–Crippen MR) is 239 cm³/mol. The summed E-state index contributed by atoms with van der Waals surface area (Å²) >= 11 is 0. The van der Waals surface area contributed by atoms with Crippen molar-refractivity contribution in [3.05, 3.63) is 200 Å². The third kappa shape index (κ3) is 5.07. The molecule has 3 aromatic heterocycles. The number of rotatable bonds is 6. The summed E-state index contributed by atoms with van der Waals surface area (Å²) in [4.78, 5) is 7.24. The SMILES string of the molecule is c1ccc(-c2nc3ccc4cccc(-c5ccc(N(c6ccc7oc8ccccc8c7c6)c6ccc7c(c6)c6ccccc6n7-c6ccccc6)cc5)c4c3o2)cc1. The number of hydrogen-bond acceptors (Lipinski definition) is 4. The summed E-state index contributed by atoms with van der Waals surface area (Å²) in [6.07, 6.45) is 0. The van der Waals surface area contributed by atoms with Crippen LogP contribution < -0.4 is 4.90 Å². The number of hydrogen-bond donors (Lipinski definition) is 0. The van der Waals surface area contributed by atoms with Crippen molar-refractivity contribution >= 4 is 82.7 Å². The molecule has 5 heteroatoms. The molecule has 0 saturated carbocycles. The van der Waals surface area contributed by atoms with Crippen LogP contribution >= 0.6 is 0 Å². The lowest BCUT2D eigenvalue weighted by Gasteiger charge is -2.26. The second-order valence-electron chi connectivity index (χ2n) is 14.8. The van der Waals surface area contributed by atoms with Crippen molar-refractivity contribution < 1.29 is 8.83 Å². The lowest BCUT2D eigenvalue weighted by Crippen LogP contribution is -2.10. The van der Waals surface area contributed by atoms with E-state index in [-0.39, 0.29) is 0 Å². The molecular formula is C53H33N3O2. The summed E-state index contributed by atoms with van der Waals surface area (Å²) in [7, 11) is 0. The minimum Gasteiger partial charge on any atom is -0.456 e. The molecule has 0 radical (unpaired) electrons. The van der Waals surface area contributed by atoms with Gasteiger partial charge in [-0.15, -0.1) is 0 Å². The molecule has 12 rings (SSSR count). The van der Waals surface area contributed by atoms with Crippen LogP contribution in [0, 0.1) is 0 Å². The quantitative estimate of drug-likeness (QED) is 0.170. The average Bonchev–Trinajstić information content (AvgIpc) is 3.99. The van der Waals surface area contributed by atoms with Crippen molar-refractivity contribution in [2.75, 3.05) is 4.90 Å². The molecule has 12 aromatic rings. The number of benzene rings is 9. The summed E-state index contributed by atoms with van der Waals surface area (Å²) < 4.78 is 15.2. The van der Waals surface area contributed by atoms with Crippen molar-refractivity contribution in [3.8, 4) is 28.3 Å².